The lowest BCUT2D eigenvalue weighted by Gasteiger charge is -2.25. The molecule has 2 aromatic carbocycles. The van der Waals surface area contributed by atoms with Crippen LogP contribution < -0.4 is 5.73 Å². The molecule has 0 radical (unpaired) electrons. The number of aryl methyl sites for hydroxylation is 1. The number of nitrogens with zero attached hydrogens (tertiary/aromatic N) is 3. The maximum atomic E-state index is 13.5. The van der Waals surface area contributed by atoms with Crippen LogP contribution in [0.2, 0.25) is 0 Å². The van der Waals surface area contributed by atoms with Crippen molar-refractivity contribution >= 4 is 18.2 Å². The van der Waals surface area contributed by atoms with Crippen LogP contribution in [0.5, 0.6) is 0 Å². The molecule has 6 nitrogen and oxygen atoms in total. The van der Waals surface area contributed by atoms with E-state index in [1.165, 1.54) is 4.90 Å². The first-order valence-electron chi connectivity index (χ1n) is 10.5. The Morgan fingerprint density at radius 2 is 1.79 bits per heavy atom. The summed E-state index contributed by atoms with van der Waals surface area (Å²) in [6.07, 6.45) is 2.62. The van der Waals surface area contributed by atoms with Crippen molar-refractivity contribution in [2.45, 2.75) is 18.5 Å². The van der Waals surface area contributed by atoms with Crippen LogP contribution in [0.3, 0.4) is 0 Å². The van der Waals surface area contributed by atoms with Gasteiger partial charge in [-0.2, -0.15) is 0 Å². The van der Waals surface area contributed by atoms with Gasteiger partial charge < -0.3 is 10.3 Å². The van der Waals surface area contributed by atoms with Gasteiger partial charge in [0.2, 0.25) is 0 Å². The summed E-state index contributed by atoms with van der Waals surface area (Å²) in [4.78, 5) is 31.0. The molecule has 0 saturated carbocycles. The maximum Gasteiger partial charge on any atom is 0.266 e. The Bertz CT molecular complexity index is 1290. The lowest BCUT2D eigenvalue weighted by molar-refractivity contribution is -0.129. The molecule has 1 aromatic heterocycles. The van der Waals surface area contributed by atoms with Crippen LogP contribution in [0.15, 0.2) is 71.9 Å². The number of likely N-dealkylation sites (N-methyl/N-ethyl adjacent to an activating group) is 1. The molecule has 2 N–H and O–H groups in total. The van der Waals surface area contributed by atoms with Crippen LogP contribution >= 0.6 is 0 Å². The predicted octanol–water partition coefficient (Wildman–Crippen LogP) is 3.09. The largest absolute Gasteiger partial charge is 0.369 e. The monoisotopic (exact) mass is 442 g/mol. The van der Waals surface area contributed by atoms with Gasteiger partial charge in [0.25, 0.3) is 5.91 Å². The molecule has 166 valence electrons. The second-order valence-electron chi connectivity index (χ2n) is 7.75. The first kappa shape index (κ1) is 22.0. The summed E-state index contributed by atoms with van der Waals surface area (Å²) in [6.45, 7) is -0.196. The summed E-state index contributed by atoms with van der Waals surface area (Å²) in [7, 11) is 1.56. The third-order valence-electron chi connectivity index (χ3n) is 5.65. The molecule has 7 heteroatoms. The first-order chi connectivity index (χ1) is 16.0. The smallest absolute Gasteiger partial charge is 0.266 e. The normalized spacial score (nSPS) is 17.5. The number of amides is 1. The van der Waals surface area contributed by atoms with Gasteiger partial charge in [0.05, 0.1) is 12.4 Å². The summed E-state index contributed by atoms with van der Waals surface area (Å²) in [6, 6.07) is 18.5. The van der Waals surface area contributed by atoms with E-state index in [4.69, 9.17) is 5.73 Å². The minimum Gasteiger partial charge on any atom is -0.369 e. The average Bonchev–Trinajstić information content (AvgIpc) is 3.37. The van der Waals surface area contributed by atoms with E-state index in [2.05, 4.69) is 16.8 Å². The Kier molecular flexibility index (Phi) is 6.09. The van der Waals surface area contributed by atoms with Crippen LogP contribution in [0.25, 0.3) is 0 Å². The lowest BCUT2D eigenvalue weighted by atomic mass is 9.83. The number of aldehydes is 1. The van der Waals surface area contributed by atoms with Crippen molar-refractivity contribution in [3.05, 3.63) is 94.8 Å². The highest BCUT2D eigenvalue weighted by Gasteiger charge is 2.50. The van der Waals surface area contributed by atoms with Crippen molar-refractivity contribution in [2.24, 2.45) is 10.7 Å². The molecule has 0 spiro atoms. The van der Waals surface area contributed by atoms with Crippen molar-refractivity contribution in [3.8, 4) is 11.8 Å². The first-order valence-corrected chi connectivity index (χ1v) is 10.5. The van der Waals surface area contributed by atoms with Gasteiger partial charge in [-0.05, 0) is 42.3 Å². The number of aromatic nitrogens is 1. The number of nitrogens with two attached hydrogens (primary N) is 1. The van der Waals surface area contributed by atoms with Crippen molar-refractivity contribution < 1.29 is 14.0 Å². The molecular formula is C26H23FN4O2. The number of carbonyl (C=O) groups is 2. The highest BCUT2D eigenvalue weighted by Crippen LogP contribution is 2.40. The zero-order valence-electron chi connectivity index (χ0n) is 18.2. The van der Waals surface area contributed by atoms with Gasteiger partial charge in [0, 0.05) is 36.5 Å². The summed E-state index contributed by atoms with van der Waals surface area (Å²) >= 11 is 0. The molecule has 0 fully saturated rings. The second-order valence-corrected chi connectivity index (χ2v) is 7.75. The number of aliphatic imine (C=N–C) groups is 1. The van der Waals surface area contributed by atoms with E-state index in [1.54, 1.807) is 29.9 Å². The van der Waals surface area contributed by atoms with E-state index in [9.17, 15) is 14.0 Å². The van der Waals surface area contributed by atoms with Gasteiger partial charge in [-0.15, -0.1) is 0 Å². The molecule has 4 rings (SSSR count). The van der Waals surface area contributed by atoms with E-state index < -0.39 is 12.2 Å². The maximum absolute atomic E-state index is 13.5. The molecule has 0 saturated heterocycles. The van der Waals surface area contributed by atoms with E-state index in [1.807, 2.05) is 48.5 Å². The predicted molar refractivity (Wildman–Crippen MR) is 124 cm³/mol. The Morgan fingerprint density at radius 3 is 2.45 bits per heavy atom. The van der Waals surface area contributed by atoms with Gasteiger partial charge >= 0.3 is 0 Å². The lowest BCUT2D eigenvalue weighted by Crippen LogP contribution is -2.41. The standard InChI is InChI=1S/C26H23FN4O2/c1-30-24(33)26(29-25(30)28,22-16-23(18-32)31(17-22)14-6-13-27)21-10-5-9-20(15-21)12-11-19-7-3-2-4-8-19/h2-5,7-10,15-18H,6,13-14H2,1H3,(H2,28,29). The Hall–Kier alpha value is -4.18. The third kappa shape index (κ3) is 4.03. The van der Waals surface area contributed by atoms with Gasteiger partial charge in [-0.25, -0.2) is 4.99 Å². The molecule has 3 aromatic rings. The summed E-state index contributed by atoms with van der Waals surface area (Å²) < 4.78 is 14.4. The molecule has 1 amide bonds. The topological polar surface area (TPSA) is 80.7 Å². The SMILES string of the molecule is CN1C(=O)C(c2cccc(C#Cc3ccccc3)c2)(c2cc(C=O)n(CCCF)c2)N=C1N. The molecule has 2 heterocycles. The number of hydrogen-bond acceptors (Lipinski definition) is 4. The van der Waals surface area contributed by atoms with Crippen molar-refractivity contribution in [1.82, 2.24) is 9.47 Å². The number of carbonyl (C=O) groups excluding carboxylic acids is 2. The zero-order chi connectivity index (χ0) is 23.4. The molecule has 1 aliphatic rings. The fraction of sp³-hybridized carbons (Fsp3) is 0.192. The highest BCUT2D eigenvalue weighted by molar-refractivity contribution is 6.09. The Morgan fingerprint density at radius 1 is 1.06 bits per heavy atom. The number of benzene rings is 2. The van der Waals surface area contributed by atoms with E-state index in [-0.39, 0.29) is 18.3 Å². The minimum atomic E-state index is -1.46. The molecule has 33 heavy (non-hydrogen) atoms. The van der Waals surface area contributed by atoms with Gasteiger partial charge in [0.1, 0.15) is 0 Å². The number of guanidine groups is 1. The van der Waals surface area contributed by atoms with Gasteiger partial charge in [0.15, 0.2) is 17.8 Å². The van der Waals surface area contributed by atoms with Crippen molar-refractivity contribution in [3.63, 3.8) is 0 Å². The molecule has 0 bridgehead atoms. The second kappa shape index (κ2) is 9.13. The molecular weight excluding hydrogens is 419 g/mol. The van der Waals surface area contributed by atoms with Crippen LogP contribution in [-0.2, 0) is 16.9 Å². The average molecular weight is 442 g/mol. The number of rotatable bonds is 6. The van der Waals surface area contributed by atoms with Gasteiger partial charge in [-0.1, -0.05) is 42.2 Å². The van der Waals surface area contributed by atoms with Crippen LogP contribution in [0.4, 0.5) is 4.39 Å². The van der Waals surface area contributed by atoms with E-state index >= 15 is 0 Å². The molecule has 1 atom stereocenters. The zero-order valence-corrected chi connectivity index (χ0v) is 18.2. The number of hydrogen-bond donors (Lipinski definition) is 1. The fourth-order valence-electron chi connectivity index (χ4n) is 3.92. The van der Waals surface area contributed by atoms with E-state index in [0.29, 0.717) is 35.2 Å². The fourth-order valence-corrected chi connectivity index (χ4v) is 3.92. The third-order valence-corrected chi connectivity index (χ3v) is 5.65. The quantitative estimate of drug-likeness (QED) is 0.471. The summed E-state index contributed by atoms with van der Waals surface area (Å²) in [5, 5.41) is 0. The van der Waals surface area contributed by atoms with Crippen molar-refractivity contribution in [2.75, 3.05) is 13.7 Å². The van der Waals surface area contributed by atoms with E-state index in [0.717, 1.165) is 5.56 Å². The van der Waals surface area contributed by atoms with Gasteiger partial charge in [-0.3, -0.25) is 18.9 Å². The summed E-state index contributed by atoms with van der Waals surface area (Å²) in [5.41, 5.74) is 7.59. The summed E-state index contributed by atoms with van der Waals surface area (Å²) in [5.74, 6) is 5.98. The van der Waals surface area contributed by atoms with Crippen molar-refractivity contribution in [1.29, 1.82) is 0 Å². The molecule has 0 aliphatic carbocycles. The van der Waals surface area contributed by atoms with Crippen LogP contribution in [0, 0.1) is 11.8 Å². The number of alkyl halides is 1. The van der Waals surface area contributed by atoms with Crippen LogP contribution in [-0.4, -0.2) is 41.3 Å². The highest BCUT2D eigenvalue weighted by atomic mass is 19.1. The van der Waals surface area contributed by atoms with Crippen LogP contribution in [0.1, 0.15) is 39.2 Å². The minimum absolute atomic E-state index is 0.0740. The molecule has 1 unspecified atom stereocenters. The molecule has 1 aliphatic heterocycles. The Labute approximate surface area is 191 Å². The Balaban J connectivity index is 1.84. The number of halogens is 1.